The number of hydrogen-bond acceptors (Lipinski definition) is 3. The van der Waals surface area contributed by atoms with Gasteiger partial charge in [0.05, 0.1) is 0 Å². The highest BCUT2D eigenvalue weighted by Gasteiger charge is 2.23. The van der Waals surface area contributed by atoms with Crippen LogP contribution < -0.4 is 10.1 Å². The van der Waals surface area contributed by atoms with Crippen LogP contribution in [0, 0.1) is 19.7 Å². The van der Waals surface area contributed by atoms with Crippen LogP contribution in [0.4, 0.5) is 4.39 Å². The van der Waals surface area contributed by atoms with Gasteiger partial charge in [0.25, 0.3) is 5.91 Å². The Labute approximate surface area is 157 Å². The minimum atomic E-state index is -0.707. The SMILES string of the molecule is Cc1cc(C)cc(OCC(=O)N[C@@H](c2ccccc2F)c2nccn2C)c1. The zero-order valence-corrected chi connectivity index (χ0v) is 15.6. The van der Waals surface area contributed by atoms with Gasteiger partial charge >= 0.3 is 0 Å². The van der Waals surface area contributed by atoms with E-state index in [0.717, 1.165) is 11.1 Å². The van der Waals surface area contributed by atoms with E-state index < -0.39 is 11.9 Å². The number of rotatable bonds is 6. The van der Waals surface area contributed by atoms with E-state index in [1.807, 2.05) is 32.0 Å². The number of carbonyl (C=O) groups excluding carboxylic acids is 1. The topological polar surface area (TPSA) is 56.1 Å². The quantitative estimate of drug-likeness (QED) is 0.726. The Bertz CT molecular complexity index is 932. The van der Waals surface area contributed by atoms with E-state index in [0.29, 0.717) is 17.1 Å². The maximum atomic E-state index is 14.3. The lowest BCUT2D eigenvalue weighted by molar-refractivity contribution is -0.123. The predicted molar refractivity (Wildman–Crippen MR) is 101 cm³/mol. The van der Waals surface area contributed by atoms with Gasteiger partial charge < -0.3 is 14.6 Å². The maximum Gasteiger partial charge on any atom is 0.258 e. The van der Waals surface area contributed by atoms with E-state index in [1.165, 1.54) is 6.07 Å². The molecule has 6 heteroatoms. The second-order valence-electron chi connectivity index (χ2n) is 6.53. The van der Waals surface area contributed by atoms with Crippen molar-refractivity contribution in [2.45, 2.75) is 19.9 Å². The molecule has 0 radical (unpaired) electrons. The predicted octanol–water partition coefficient (Wildman–Crippen LogP) is 3.46. The zero-order valence-electron chi connectivity index (χ0n) is 15.6. The molecule has 1 N–H and O–H groups in total. The smallest absolute Gasteiger partial charge is 0.258 e. The lowest BCUT2D eigenvalue weighted by atomic mass is 10.1. The highest BCUT2D eigenvalue weighted by atomic mass is 19.1. The van der Waals surface area contributed by atoms with Gasteiger partial charge in [0.1, 0.15) is 23.4 Å². The Morgan fingerprint density at radius 1 is 1.22 bits per heavy atom. The highest BCUT2D eigenvalue weighted by molar-refractivity contribution is 5.78. The van der Waals surface area contributed by atoms with Crippen LogP contribution in [-0.2, 0) is 11.8 Å². The molecule has 0 spiro atoms. The van der Waals surface area contributed by atoms with Gasteiger partial charge in [-0.25, -0.2) is 9.37 Å². The number of aryl methyl sites for hydroxylation is 3. The highest BCUT2D eigenvalue weighted by Crippen LogP contribution is 2.23. The minimum Gasteiger partial charge on any atom is -0.484 e. The summed E-state index contributed by atoms with van der Waals surface area (Å²) in [5.41, 5.74) is 2.47. The molecular weight excluding hydrogens is 345 g/mol. The van der Waals surface area contributed by atoms with Crippen molar-refractivity contribution < 1.29 is 13.9 Å². The lowest BCUT2D eigenvalue weighted by Crippen LogP contribution is -2.35. The minimum absolute atomic E-state index is 0.168. The summed E-state index contributed by atoms with van der Waals surface area (Å²) in [6, 6.07) is 11.4. The van der Waals surface area contributed by atoms with Gasteiger partial charge in [-0.2, -0.15) is 0 Å². The summed E-state index contributed by atoms with van der Waals surface area (Å²) in [6.45, 7) is 3.77. The summed E-state index contributed by atoms with van der Waals surface area (Å²) in [5.74, 6) is 0.411. The number of aromatic nitrogens is 2. The van der Waals surface area contributed by atoms with E-state index >= 15 is 0 Å². The van der Waals surface area contributed by atoms with E-state index in [2.05, 4.69) is 10.3 Å². The number of ether oxygens (including phenoxy) is 1. The first-order valence-corrected chi connectivity index (χ1v) is 8.66. The second-order valence-corrected chi connectivity index (χ2v) is 6.53. The molecule has 0 saturated heterocycles. The first-order chi connectivity index (χ1) is 12.9. The number of nitrogens with zero attached hydrogens (tertiary/aromatic N) is 2. The molecular formula is C21H22FN3O2. The number of benzene rings is 2. The monoisotopic (exact) mass is 367 g/mol. The van der Waals surface area contributed by atoms with E-state index in [9.17, 15) is 9.18 Å². The molecule has 2 aromatic carbocycles. The van der Waals surface area contributed by atoms with Gasteiger partial charge in [-0.05, 0) is 43.2 Å². The van der Waals surface area contributed by atoms with Crippen molar-refractivity contribution >= 4 is 5.91 Å². The van der Waals surface area contributed by atoms with Gasteiger partial charge in [-0.3, -0.25) is 4.79 Å². The number of carbonyl (C=O) groups is 1. The summed E-state index contributed by atoms with van der Waals surface area (Å²) in [5, 5.41) is 2.83. The van der Waals surface area contributed by atoms with Crippen LogP contribution >= 0.6 is 0 Å². The van der Waals surface area contributed by atoms with E-state index in [4.69, 9.17) is 4.74 Å². The zero-order chi connectivity index (χ0) is 19.4. The molecule has 5 nitrogen and oxygen atoms in total. The van der Waals surface area contributed by atoms with Gasteiger partial charge in [-0.1, -0.05) is 24.3 Å². The van der Waals surface area contributed by atoms with Crippen LogP contribution in [0.25, 0.3) is 0 Å². The number of halogens is 1. The largest absolute Gasteiger partial charge is 0.484 e. The summed E-state index contributed by atoms with van der Waals surface area (Å²) in [6.07, 6.45) is 3.36. The molecule has 0 aliphatic carbocycles. The standard InChI is InChI=1S/C21H22FN3O2/c1-14-10-15(2)12-16(11-14)27-13-19(26)24-20(21-23-8-9-25(21)3)17-6-4-5-7-18(17)22/h4-12,20H,13H2,1-3H3,(H,24,26)/t20-/m0/s1. The summed E-state index contributed by atoms with van der Waals surface area (Å²) < 4.78 is 21.7. The molecule has 0 saturated carbocycles. The Balaban J connectivity index is 1.77. The number of hydrogen-bond donors (Lipinski definition) is 1. The molecule has 140 valence electrons. The maximum absolute atomic E-state index is 14.3. The summed E-state index contributed by atoms with van der Waals surface area (Å²) >= 11 is 0. The van der Waals surface area contributed by atoms with E-state index in [1.54, 1.807) is 42.2 Å². The summed E-state index contributed by atoms with van der Waals surface area (Å²) in [7, 11) is 1.80. The molecule has 0 bridgehead atoms. The Morgan fingerprint density at radius 2 is 1.93 bits per heavy atom. The van der Waals surface area contributed by atoms with Crippen molar-refractivity contribution in [1.82, 2.24) is 14.9 Å². The number of nitrogens with one attached hydrogen (secondary N) is 1. The van der Waals surface area contributed by atoms with Crippen molar-refractivity contribution in [2.24, 2.45) is 7.05 Å². The first kappa shape index (κ1) is 18.6. The van der Waals surface area contributed by atoms with Crippen molar-refractivity contribution in [2.75, 3.05) is 6.61 Å². The fourth-order valence-electron chi connectivity index (χ4n) is 3.01. The van der Waals surface area contributed by atoms with Crippen LogP contribution in [0.5, 0.6) is 5.75 Å². The third kappa shape index (κ3) is 4.53. The van der Waals surface area contributed by atoms with Gasteiger partial charge in [-0.15, -0.1) is 0 Å². The third-order valence-electron chi connectivity index (χ3n) is 4.20. The lowest BCUT2D eigenvalue weighted by Gasteiger charge is -2.20. The third-order valence-corrected chi connectivity index (χ3v) is 4.20. The van der Waals surface area contributed by atoms with Crippen molar-refractivity contribution in [3.63, 3.8) is 0 Å². The molecule has 0 fully saturated rings. The molecule has 27 heavy (non-hydrogen) atoms. The van der Waals surface area contributed by atoms with Crippen LogP contribution in [0.1, 0.15) is 28.6 Å². The molecule has 3 rings (SSSR count). The van der Waals surface area contributed by atoms with Crippen LogP contribution in [0.15, 0.2) is 54.9 Å². The normalized spacial score (nSPS) is 11.9. The molecule has 0 unspecified atom stereocenters. The first-order valence-electron chi connectivity index (χ1n) is 8.66. The molecule has 1 aromatic heterocycles. The summed E-state index contributed by atoms with van der Waals surface area (Å²) in [4.78, 5) is 16.8. The fraction of sp³-hybridized carbons (Fsp3) is 0.238. The Morgan fingerprint density at radius 3 is 2.56 bits per heavy atom. The van der Waals surface area contributed by atoms with Crippen molar-refractivity contribution in [1.29, 1.82) is 0 Å². The fourth-order valence-corrected chi connectivity index (χ4v) is 3.01. The average Bonchev–Trinajstić information content (AvgIpc) is 3.04. The van der Waals surface area contributed by atoms with Crippen LogP contribution in [0.3, 0.4) is 0 Å². The van der Waals surface area contributed by atoms with Gasteiger partial charge in [0.2, 0.25) is 0 Å². The molecule has 0 aliphatic rings. The van der Waals surface area contributed by atoms with Crippen LogP contribution in [0.2, 0.25) is 0 Å². The number of imidazole rings is 1. The average molecular weight is 367 g/mol. The second kappa shape index (κ2) is 8.03. The molecule has 3 aromatic rings. The van der Waals surface area contributed by atoms with Gasteiger partial charge in [0, 0.05) is 25.0 Å². The molecule has 1 heterocycles. The Hall–Kier alpha value is -3.15. The molecule has 1 amide bonds. The molecule has 1 atom stereocenters. The van der Waals surface area contributed by atoms with Gasteiger partial charge in [0.15, 0.2) is 6.61 Å². The Kier molecular flexibility index (Phi) is 5.54. The van der Waals surface area contributed by atoms with Crippen molar-refractivity contribution in [3.8, 4) is 5.75 Å². The van der Waals surface area contributed by atoms with Crippen LogP contribution in [-0.4, -0.2) is 22.1 Å². The van der Waals surface area contributed by atoms with Crippen molar-refractivity contribution in [3.05, 3.63) is 83.2 Å². The van der Waals surface area contributed by atoms with E-state index in [-0.39, 0.29) is 12.5 Å². The molecule has 0 aliphatic heterocycles. The number of amides is 1.